The second-order valence-corrected chi connectivity index (χ2v) is 11.9. The molecule has 0 saturated carbocycles. The van der Waals surface area contributed by atoms with Gasteiger partial charge in [-0.05, 0) is 70.2 Å². The summed E-state index contributed by atoms with van der Waals surface area (Å²) in [5.74, 6) is 1.10. The van der Waals surface area contributed by atoms with Gasteiger partial charge >= 0.3 is 11.9 Å². The predicted molar refractivity (Wildman–Crippen MR) is 191 cm³/mol. The first-order chi connectivity index (χ1) is 24.6. The first kappa shape index (κ1) is 34.8. The van der Waals surface area contributed by atoms with Crippen molar-refractivity contribution in [3.63, 3.8) is 0 Å². The van der Waals surface area contributed by atoms with E-state index in [0.29, 0.717) is 46.7 Å². The highest BCUT2D eigenvalue weighted by Crippen LogP contribution is 2.37. The van der Waals surface area contributed by atoms with E-state index in [1.165, 1.54) is 6.07 Å². The van der Waals surface area contributed by atoms with Gasteiger partial charge in [-0.2, -0.15) is 0 Å². The molecule has 1 N–H and O–H groups in total. The van der Waals surface area contributed by atoms with Crippen molar-refractivity contribution in [3.8, 4) is 28.5 Å². The number of benzene rings is 4. The highest BCUT2D eigenvalue weighted by molar-refractivity contribution is 6.04. The van der Waals surface area contributed by atoms with Crippen molar-refractivity contribution in [1.29, 1.82) is 0 Å². The molecule has 3 heterocycles. The molecule has 13 heteroatoms. The molecule has 51 heavy (non-hydrogen) atoms. The van der Waals surface area contributed by atoms with Gasteiger partial charge in [0.15, 0.2) is 0 Å². The number of hydrogen-bond donors (Lipinski definition) is 1. The van der Waals surface area contributed by atoms with Crippen molar-refractivity contribution in [2.24, 2.45) is 0 Å². The van der Waals surface area contributed by atoms with Crippen LogP contribution < -0.4 is 4.74 Å². The maximum atomic E-state index is 12.3. The number of esters is 2. The standard InChI is InChI=1S/C19H19N3O5.C19H18N2O3/c1-3-27-19(24)14-8-6-10-16-17(14)20-18(21(16)11-12(2)23)13-7-4-5-9-15(13)22(25)26;1-3-23-19(22)14-8-6-9-15-17(14)20-18-13-7-4-5-10-16(13)24-12(2)11-21(15)18/h4-10,12,23H,3,11H2,1-2H3;4-10,12H,3,11H2,1-2H3. The molecule has 0 amide bonds. The number of carbonyl (C=O) groups is 2. The number of carbonyl (C=O) groups excluding carboxylic acids is 2. The normalized spacial score (nSPS) is 13.9. The second-order valence-electron chi connectivity index (χ2n) is 11.9. The van der Waals surface area contributed by atoms with E-state index in [4.69, 9.17) is 19.2 Å². The molecule has 2 aromatic heterocycles. The monoisotopic (exact) mass is 691 g/mol. The minimum absolute atomic E-state index is 0.0102. The summed E-state index contributed by atoms with van der Waals surface area (Å²) in [7, 11) is 0. The molecule has 262 valence electrons. The molecule has 0 fully saturated rings. The predicted octanol–water partition coefficient (Wildman–Crippen LogP) is 6.83. The number of rotatable bonds is 8. The number of aliphatic hydroxyl groups is 1. The van der Waals surface area contributed by atoms with Gasteiger partial charge in [-0.15, -0.1) is 0 Å². The van der Waals surface area contributed by atoms with Crippen molar-refractivity contribution in [3.05, 3.63) is 106 Å². The zero-order valence-corrected chi connectivity index (χ0v) is 28.6. The smallest absolute Gasteiger partial charge is 0.340 e. The Hall–Kier alpha value is -6.08. The molecule has 7 rings (SSSR count). The van der Waals surface area contributed by atoms with Gasteiger partial charge in [-0.25, -0.2) is 19.6 Å². The first-order valence-corrected chi connectivity index (χ1v) is 16.6. The third kappa shape index (κ3) is 6.88. The van der Waals surface area contributed by atoms with E-state index in [1.54, 1.807) is 67.8 Å². The van der Waals surface area contributed by atoms with Crippen molar-refractivity contribution in [2.45, 2.75) is 53.0 Å². The quantitative estimate of drug-likeness (QED) is 0.102. The van der Waals surface area contributed by atoms with Crippen molar-refractivity contribution in [1.82, 2.24) is 19.1 Å². The van der Waals surface area contributed by atoms with Crippen LogP contribution in [0.5, 0.6) is 5.75 Å². The molecule has 2 atom stereocenters. The fraction of sp³-hybridized carbons (Fsp3) is 0.263. The molecule has 1 aliphatic heterocycles. The molecule has 0 aliphatic carbocycles. The van der Waals surface area contributed by atoms with Gasteiger partial charge in [0.05, 0.1) is 70.6 Å². The van der Waals surface area contributed by atoms with Gasteiger partial charge in [-0.3, -0.25) is 10.1 Å². The number of nitro benzene ring substituents is 1. The van der Waals surface area contributed by atoms with Crippen LogP contribution in [0.25, 0.3) is 44.8 Å². The van der Waals surface area contributed by atoms with Crippen LogP contribution in [0, 0.1) is 10.1 Å². The fourth-order valence-electron chi connectivity index (χ4n) is 6.17. The van der Waals surface area contributed by atoms with Gasteiger partial charge in [0.1, 0.15) is 34.5 Å². The zero-order chi connectivity index (χ0) is 36.2. The Labute approximate surface area is 293 Å². The Bertz CT molecular complexity index is 2260. The van der Waals surface area contributed by atoms with Gasteiger partial charge in [0.25, 0.3) is 5.69 Å². The summed E-state index contributed by atoms with van der Waals surface area (Å²) in [5, 5.41) is 21.4. The van der Waals surface area contributed by atoms with Gasteiger partial charge in [0, 0.05) is 6.07 Å². The summed E-state index contributed by atoms with van der Waals surface area (Å²) >= 11 is 0. The maximum Gasteiger partial charge on any atom is 0.340 e. The van der Waals surface area contributed by atoms with Crippen LogP contribution >= 0.6 is 0 Å². The SMILES string of the molecule is CCOC(=O)c1cccc2c1nc(-c1ccccc1[N+](=O)[O-])n2CC(C)O.CCOC(=O)c1cccc2c1nc1n2CC(C)Oc2ccccc2-1. The summed E-state index contributed by atoms with van der Waals surface area (Å²) in [6, 6.07) is 24.8. The molecule has 0 saturated heterocycles. The van der Waals surface area contributed by atoms with E-state index in [0.717, 1.165) is 22.7 Å². The fourth-order valence-corrected chi connectivity index (χ4v) is 6.17. The lowest BCUT2D eigenvalue weighted by molar-refractivity contribution is -0.384. The molecule has 13 nitrogen and oxygen atoms in total. The van der Waals surface area contributed by atoms with E-state index in [1.807, 2.05) is 43.3 Å². The minimum Gasteiger partial charge on any atom is -0.488 e. The van der Waals surface area contributed by atoms with Crippen LogP contribution in [0.3, 0.4) is 0 Å². The van der Waals surface area contributed by atoms with Crippen LogP contribution in [0.2, 0.25) is 0 Å². The van der Waals surface area contributed by atoms with E-state index in [-0.39, 0.29) is 36.5 Å². The highest BCUT2D eigenvalue weighted by atomic mass is 16.6. The Morgan fingerprint density at radius 3 is 2.06 bits per heavy atom. The highest BCUT2D eigenvalue weighted by Gasteiger charge is 2.26. The molecule has 4 aromatic carbocycles. The molecular formula is C38H37N5O8. The van der Waals surface area contributed by atoms with E-state index < -0.39 is 17.0 Å². The molecular weight excluding hydrogens is 654 g/mol. The molecule has 6 aromatic rings. The first-order valence-electron chi connectivity index (χ1n) is 16.6. The van der Waals surface area contributed by atoms with Crippen LogP contribution in [0.4, 0.5) is 5.69 Å². The van der Waals surface area contributed by atoms with Gasteiger partial charge < -0.3 is 28.5 Å². The number of aliphatic hydroxyl groups excluding tert-OH is 1. The molecule has 2 unspecified atom stereocenters. The summed E-state index contributed by atoms with van der Waals surface area (Å²) in [4.78, 5) is 44.8. The van der Waals surface area contributed by atoms with E-state index in [9.17, 15) is 24.8 Å². The molecule has 0 spiro atoms. The lowest BCUT2D eigenvalue weighted by Crippen LogP contribution is -2.17. The number of aromatic nitrogens is 4. The number of hydrogen-bond acceptors (Lipinski definition) is 10. The Morgan fingerprint density at radius 1 is 0.863 bits per heavy atom. The minimum atomic E-state index is -0.713. The Kier molecular flexibility index (Phi) is 10.1. The van der Waals surface area contributed by atoms with Gasteiger partial charge in [0.2, 0.25) is 0 Å². The molecule has 0 bridgehead atoms. The summed E-state index contributed by atoms with van der Waals surface area (Å²) < 4.78 is 20.1. The number of para-hydroxylation sites is 4. The van der Waals surface area contributed by atoms with E-state index >= 15 is 0 Å². The largest absolute Gasteiger partial charge is 0.488 e. The summed E-state index contributed by atoms with van der Waals surface area (Å²) in [6.45, 7) is 8.57. The van der Waals surface area contributed by atoms with Crippen molar-refractivity contribution >= 4 is 39.7 Å². The average Bonchev–Trinajstić information content (AvgIpc) is 3.62. The lowest BCUT2D eigenvalue weighted by atomic mass is 10.1. The van der Waals surface area contributed by atoms with Gasteiger partial charge in [-0.1, -0.05) is 36.4 Å². The molecule has 0 radical (unpaired) electrons. The number of nitro groups is 1. The number of fused-ring (bicyclic) bond motifs is 6. The Balaban J connectivity index is 0.000000177. The number of nitrogens with zero attached hydrogens (tertiary/aromatic N) is 5. The van der Waals surface area contributed by atoms with E-state index in [2.05, 4.69) is 9.55 Å². The van der Waals surface area contributed by atoms with Crippen molar-refractivity contribution in [2.75, 3.05) is 13.2 Å². The summed E-state index contributed by atoms with van der Waals surface area (Å²) in [5.41, 5.74) is 4.50. The van der Waals surface area contributed by atoms with Crippen LogP contribution in [0.1, 0.15) is 48.4 Å². The Morgan fingerprint density at radius 2 is 1.43 bits per heavy atom. The molecule has 1 aliphatic rings. The van der Waals surface area contributed by atoms with Crippen LogP contribution in [-0.2, 0) is 22.6 Å². The van der Waals surface area contributed by atoms with Crippen molar-refractivity contribution < 1.29 is 33.8 Å². The maximum absolute atomic E-state index is 12.3. The van der Waals surface area contributed by atoms with Crippen LogP contribution in [0.15, 0.2) is 84.9 Å². The third-order valence-corrected chi connectivity index (χ3v) is 8.23. The average molecular weight is 692 g/mol. The number of ether oxygens (including phenoxy) is 3. The third-order valence-electron chi connectivity index (χ3n) is 8.23. The summed E-state index contributed by atoms with van der Waals surface area (Å²) in [6.07, 6.45) is -0.703. The lowest BCUT2D eigenvalue weighted by Gasteiger charge is -2.13. The number of imidazole rings is 2. The zero-order valence-electron chi connectivity index (χ0n) is 28.6. The van der Waals surface area contributed by atoms with Crippen LogP contribution in [-0.4, -0.2) is 66.5 Å². The second kappa shape index (κ2) is 14.8. The topological polar surface area (TPSA) is 161 Å².